The summed E-state index contributed by atoms with van der Waals surface area (Å²) in [5, 5.41) is 3.44. The van der Waals surface area contributed by atoms with Gasteiger partial charge in [0.1, 0.15) is 0 Å². The Kier molecular flexibility index (Phi) is 5.42. The van der Waals surface area contributed by atoms with Crippen molar-refractivity contribution in [2.75, 3.05) is 11.1 Å². The molecule has 0 unspecified atom stereocenters. The van der Waals surface area contributed by atoms with Crippen molar-refractivity contribution in [3.8, 4) is 0 Å². The van der Waals surface area contributed by atoms with E-state index >= 15 is 0 Å². The molecule has 108 valence electrons. The van der Waals surface area contributed by atoms with Crippen molar-refractivity contribution in [1.82, 2.24) is 0 Å². The lowest BCUT2D eigenvalue weighted by Gasteiger charge is -2.06. The van der Waals surface area contributed by atoms with E-state index in [1.807, 2.05) is 18.2 Å². The van der Waals surface area contributed by atoms with Gasteiger partial charge in [-0.3, -0.25) is 9.59 Å². The van der Waals surface area contributed by atoms with E-state index in [-0.39, 0.29) is 11.7 Å². The first-order valence-corrected chi connectivity index (χ1v) is 7.70. The number of Topliss-reactive ketones (excluding diaryl/α,β-unsaturated/α-hetero) is 1. The highest BCUT2D eigenvalue weighted by molar-refractivity contribution is 8.00. The molecule has 0 spiro atoms. The zero-order valence-corrected chi connectivity index (χ0v) is 13.0. The van der Waals surface area contributed by atoms with E-state index in [0.29, 0.717) is 22.0 Å². The fourth-order valence-electron chi connectivity index (χ4n) is 1.69. The minimum atomic E-state index is -0.101. The fourth-order valence-corrected chi connectivity index (χ4v) is 2.70. The zero-order chi connectivity index (χ0) is 15.2. The molecule has 1 N–H and O–H groups in total. The number of carbonyl (C=O) groups is 2. The van der Waals surface area contributed by atoms with Gasteiger partial charge in [0.15, 0.2) is 5.78 Å². The number of hydrogen-bond acceptors (Lipinski definition) is 3. The summed E-state index contributed by atoms with van der Waals surface area (Å²) >= 11 is 7.31. The SMILES string of the molecule is CC(=O)c1ccc(NC(=O)CSc2cccc(Cl)c2)cc1. The molecule has 0 aliphatic rings. The van der Waals surface area contributed by atoms with Gasteiger partial charge in [-0.15, -0.1) is 11.8 Å². The maximum absolute atomic E-state index is 11.9. The summed E-state index contributed by atoms with van der Waals surface area (Å²) in [5.74, 6) is 0.203. The summed E-state index contributed by atoms with van der Waals surface area (Å²) in [4.78, 5) is 24.0. The van der Waals surface area contributed by atoms with Crippen LogP contribution in [0.15, 0.2) is 53.4 Å². The molecule has 0 atom stereocenters. The molecular weight excluding hydrogens is 306 g/mol. The molecule has 0 heterocycles. The minimum absolute atomic E-state index is 0.00406. The van der Waals surface area contributed by atoms with Crippen LogP contribution in [0.25, 0.3) is 0 Å². The monoisotopic (exact) mass is 319 g/mol. The quantitative estimate of drug-likeness (QED) is 0.661. The van der Waals surface area contributed by atoms with Crippen molar-refractivity contribution >= 4 is 40.7 Å². The average molecular weight is 320 g/mol. The lowest BCUT2D eigenvalue weighted by Crippen LogP contribution is -2.14. The Morgan fingerprint density at radius 1 is 1.14 bits per heavy atom. The zero-order valence-electron chi connectivity index (χ0n) is 11.4. The summed E-state index contributed by atoms with van der Waals surface area (Å²) in [6, 6.07) is 14.2. The Hall–Kier alpha value is -1.78. The van der Waals surface area contributed by atoms with E-state index in [1.165, 1.54) is 18.7 Å². The van der Waals surface area contributed by atoms with Crippen LogP contribution < -0.4 is 5.32 Å². The van der Waals surface area contributed by atoms with Crippen molar-refractivity contribution in [3.63, 3.8) is 0 Å². The van der Waals surface area contributed by atoms with E-state index in [4.69, 9.17) is 11.6 Å². The molecule has 2 rings (SSSR count). The summed E-state index contributed by atoms with van der Waals surface area (Å²) in [6.07, 6.45) is 0. The molecule has 0 radical (unpaired) electrons. The summed E-state index contributed by atoms with van der Waals surface area (Å²) in [7, 11) is 0. The Morgan fingerprint density at radius 2 is 1.86 bits per heavy atom. The third-order valence-electron chi connectivity index (χ3n) is 2.74. The molecule has 0 saturated heterocycles. The van der Waals surface area contributed by atoms with Crippen molar-refractivity contribution < 1.29 is 9.59 Å². The maximum Gasteiger partial charge on any atom is 0.234 e. The van der Waals surface area contributed by atoms with Gasteiger partial charge in [0.2, 0.25) is 5.91 Å². The minimum Gasteiger partial charge on any atom is -0.325 e. The lowest BCUT2D eigenvalue weighted by molar-refractivity contribution is -0.113. The van der Waals surface area contributed by atoms with E-state index in [0.717, 1.165) is 4.90 Å². The molecule has 0 bridgehead atoms. The van der Waals surface area contributed by atoms with Crippen molar-refractivity contribution in [2.24, 2.45) is 0 Å². The molecule has 2 aromatic rings. The number of anilines is 1. The number of nitrogens with one attached hydrogen (secondary N) is 1. The summed E-state index contributed by atoms with van der Waals surface area (Å²) in [5.41, 5.74) is 1.30. The van der Waals surface area contributed by atoms with Crippen LogP contribution in [0.1, 0.15) is 17.3 Å². The van der Waals surface area contributed by atoms with Gasteiger partial charge in [0.05, 0.1) is 5.75 Å². The van der Waals surface area contributed by atoms with Gasteiger partial charge < -0.3 is 5.32 Å². The van der Waals surface area contributed by atoms with E-state index in [1.54, 1.807) is 30.3 Å². The van der Waals surface area contributed by atoms with Crippen LogP contribution in [0.5, 0.6) is 0 Å². The third-order valence-corrected chi connectivity index (χ3v) is 3.97. The molecule has 0 aliphatic heterocycles. The summed E-state index contributed by atoms with van der Waals surface area (Å²) in [6.45, 7) is 1.51. The van der Waals surface area contributed by atoms with Crippen LogP contribution in [0.4, 0.5) is 5.69 Å². The second kappa shape index (κ2) is 7.29. The molecular formula is C16H14ClNO2S. The highest BCUT2D eigenvalue weighted by Crippen LogP contribution is 2.21. The highest BCUT2D eigenvalue weighted by atomic mass is 35.5. The largest absolute Gasteiger partial charge is 0.325 e. The topological polar surface area (TPSA) is 46.2 Å². The molecule has 0 aromatic heterocycles. The van der Waals surface area contributed by atoms with E-state index in [9.17, 15) is 9.59 Å². The first-order chi connectivity index (χ1) is 10.0. The molecule has 3 nitrogen and oxygen atoms in total. The molecule has 0 fully saturated rings. The predicted octanol–water partition coefficient (Wildman–Crippen LogP) is 4.27. The van der Waals surface area contributed by atoms with E-state index < -0.39 is 0 Å². The lowest BCUT2D eigenvalue weighted by atomic mass is 10.1. The number of amides is 1. The van der Waals surface area contributed by atoms with Gasteiger partial charge in [-0.05, 0) is 49.4 Å². The molecule has 0 aliphatic carbocycles. The van der Waals surface area contributed by atoms with E-state index in [2.05, 4.69) is 5.32 Å². The number of carbonyl (C=O) groups excluding carboxylic acids is 2. The number of ketones is 1. The predicted molar refractivity (Wildman–Crippen MR) is 87.3 cm³/mol. The molecule has 0 saturated carbocycles. The number of benzene rings is 2. The Labute approximate surface area is 132 Å². The van der Waals surface area contributed by atoms with Crippen molar-refractivity contribution in [3.05, 3.63) is 59.1 Å². The first kappa shape index (κ1) is 15.6. The fraction of sp³-hybridized carbons (Fsp3) is 0.125. The van der Waals surface area contributed by atoms with Crippen LogP contribution in [0, 0.1) is 0 Å². The standard InChI is InChI=1S/C16H14ClNO2S/c1-11(19)12-5-7-14(8-6-12)18-16(20)10-21-15-4-2-3-13(17)9-15/h2-9H,10H2,1H3,(H,18,20). The highest BCUT2D eigenvalue weighted by Gasteiger charge is 2.05. The van der Waals surface area contributed by atoms with Gasteiger partial charge >= 0.3 is 0 Å². The Morgan fingerprint density at radius 3 is 2.48 bits per heavy atom. The third kappa shape index (κ3) is 4.92. The van der Waals surface area contributed by atoms with Crippen molar-refractivity contribution in [2.45, 2.75) is 11.8 Å². The van der Waals surface area contributed by atoms with Crippen LogP contribution >= 0.6 is 23.4 Å². The van der Waals surface area contributed by atoms with Crippen LogP contribution in [0.3, 0.4) is 0 Å². The van der Waals surface area contributed by atoms with Gasteiger partial charge in [-0.1, -0.05) is 17.7 Å². The van der Waals surface area contributed by atoms with Crippen LogP contribution in [0.2, 0.25) is 5.02 Å². The second-order valence-corrected chi connectivity index (χ2v) is 5.91. The van der Waals surface area contributed by atoms with Gasteiger partial charge in [-0.2, -0.15) is 0 Å². The smallest absolute Gasteiger partial charge is 0.234 e. The number of thioether (sulfide) groups is 1. The summed E-state index contributed by atoms with van der Waals surface area (Å²) < 4.78 is 0. The Balaban J connectivity index is 1.88. The van der Waals surface area contributed by atoms with Crippen LogP contribution in [-0.4, -0.2) is 17.4 Å². The molecule has 2 aromatic carbocycles. The average Bonchev–Trinajstić information content (AvgIpc) is 2.46. The second-order valence-electron chi connectivity index (χ2n) is 4.43. The maximum atomic E-state index is 11.9. The van der Waals surface area contributed by atoms with Gasteiger partial charge in [-0.25, -0.2) is 0 Å². The van der Waals surface area contributed by atoms with Gasteiger partial charge in [0, 0.05) is 21.2 Å². The molecule has 5 heteroatoms. The van der Waals surface area contributed by atoms with Crippen LogP contribution in [-0.2, 0) is 4.79 Å². The number of halogens is 1. The van der Waals surface area contributed by atoms with Crippen molar-refractivity contribution in [1.29, 1.82) is 0 Å². The first-order valence-electron chi connectivity index (χ1n) is 6.34. The molecule has 1 amide bonds. The Bertz CT molecular complexity index is 656. The van der Waals surface area contributed by atoms with Gasteiger partial charge in [0.25, 0.3) is 0 Å². The number of rotatable bonds is 5. The normalized spacial score (nSPS) is 10.2. The molecule has 21 heavy (non-hydrogen) atoms. The number of hydrogen-bond donors (Lipinski definition) is 1.